The van der Waals surface area contributed by atoms with Crippen LogP contribution in [0.3, 0.4) is 0 Å². The van der Waals surface area contributed by atoms with Gasteiger partial charge in [0.1, 0.15) is 5.69 Å². The third kappa shape index (κ3) is 4.29. The molecule has 1 aromatic heterocycles. The minimum atomic E-state index is -0.195. The van der Waals surface area contributed by atoms with Crippen molar-refractivity contribution in [2.75, 3.05) is 18.9 Å². The average Bonchev–Trinajstić information content (AvgIpc) is 2.55. The van der Waals surface area contributed by atoms with E-state index in [-0.39, 0.29) is 11.9 Å². The molecule has 1 atom stereocenters. The molecule has 1 amide bonds. The zero-order chi connectivity index (χ0) is 15.1. The summed E-state index contributed by atoms with van der Waals surface area (Å²) in [6.45, 7) is 0.729. The molecule has 2 rings (SSSR count). The predicted molar refractivity (Wildman–Crippen MR) is 84.1 cm³/mol. The molecule has 21 heavy (non-hydrogen) atoms. The lowest BCUT2D eigenvalue weighted by Gasteiger charge is -2.13. The van der Waals surface area contributed by atoms with Crippen LogP contribution in [-0.4, -0.2) is 24.5 Å². The SMILES string of the molecule is CNC(=O)c1cc(NCCC(N)c2ccccc2)ccn1. The van der Waals surface area contributed by atoms with Gasteiger partial charge in [-0.25, -0.2) is 0 Å². The number of carbonyl (C=O) groups is 1. The molecule has 0 aliphatic rings. The van der Waals surface area contributed by atoms with Crippen molar-refractivity contribution >= 4 is 11.6 Å². The Balaban J connectivity index is 1.87. The van der Waals surface area contributed by atoms with E-state index in [1.165, 1.54) is 0 Å². The maximum atomic E-state index is 11.5. The van der Waals surface area contributed by atoms with Crippen LogP contribution in [-0.2, 0) is 0 Å². The van der Waals surface area contributed by atoms with Gasteiger partial charge in [-0.15, -0.1) is 0 Å². The summed E-state index contributed by atoms with van der Waals surface area (Å²) in [6.07, 6.45) is 2.42. The molecule has 1 unspecified atom stereocenters. The molecule has 1 heterocycles. The Kier molecular flexibility index (Phi) is 5.29. The van der Waals surface area contributed by atoms with Crippen molar-refractivity contribution in [3.05, 3.63) is 59.9 Å². The number of rotatable bonds is 6. The Bertz CT molecular complexity index is 586. The largest absolute Gasteiger partial charge is 0.385 e. The highest BCUT2D eigenvalue weighted by Crippen LogP contribution is 2.14. The van der Waals surface area contributed by atoms with Crippen molar-refractivity contribution in [1.29, 1.82) is 0 Å². The van der Waals surface area contributed by atoms with Gasteiger partial charge in [0.2, 0.25) is 0 Å². The van der Waals surface area contributed by atoms with Crippen LogP contribution in [0.15, 0.2) is 48.7 Å². The first-order valence-corrected chi connectivity index (χ1v) is 6.93. The van der Waals surface area contributed by atoms with Crippen LogP contribution in [0.5, 0.6) is 0 Å². The second-order valence-corrected chi connectivity index (χ2v) is 4.74. The Hall–Kier alpha value is -2.40. The van der Waals surface area contributed by atoms with E-state index in [2.05, 4.69) is 15.6 Å². The number of hydrogen-bond acceptors (Lipinski definition) is 4. The molecular weight excluding hydrogens is 264 g/mol. The number of carbonyl (C=O) groups excluding carboxylic acids is 1. The van der Waals surface area contributed by atoms with Crippen LogP contribution in [0.4, 0.5) is 5.69 Å². The lowest BCUT2D eigenvalue weighted by Crippen LogP contribution is -2.19. The number of nitrogens with one attached hydrogen (secondary N) is 2. The number of anilines is 1. The lowest BCUT2D eigenvalue weighted by atomic mass is 10.1. The van der Waals surface area contributed by atoms with Crippen molar-refractivity contribution in [2.24, 2.45) is 5.73 Å². The normalized spacial score (nSPS) is 11.7. The van der Waals surface area contributed by atoms with E-state index >= 15 is 0 Å². The molecule has 4 N–H and O–H groups in total. The lowest BCUT2D eigenvalue weighted by molar-refractivity contribution is 0.0958. The Labute approximate surface area is 124 Å². The molecule has 0 saturated carbocycles. The van der Waals surface area contributed by atoms with Gasteiger partial charge >= 0.3 is 0 Å². The van der Waals surface area contributed by atoms with Gasteiger partial charge in [0.05, 0.1) is 0 Å². The van der Waals surface area contributed by atoms with Crippen LogP contribution >= 0.6 is 0 Å². The summed E-state index contributed by atoms with van der Waals surface area (Å²) in [7, 11) is 1.59. The first-order valence-electron chi connectivity index (χ1n) is 6.93. The summed E-state index contributed by atoms with van der Waals surface area (Å²) in [5.74, 6) is -0.195. The second-order valence-electron chi connectivity index (χ2n) is 4.74. The summed E-state index contributed by atoms with van der Waals surface area (Å²) in [5.41, 5.74) is 8.53. The summed E-state index contributed by atoms with van der Waals surface area (Å²) in [4.78, 5) is 15.5. The van der Waals surface area contributed by atoms with Crippen molar-refractivity contribution in [2.45, 2.75) is 12.5 Å². The Morgan fingerprint density at radius 2 is 2.05 bits per heavy atom. The van der Waals surface area contributed by atoms with E-state index in [1.54, 1.807) is 19.3 Å². The molecular formula is C16H20N4O. The van der Waals surface area contributed by atoms with E-state index in [4.69, 9.17) is 5.73 Å². The van der Waals surface area contributed by atoms with Gasteiger partial charge in [-0.3, -0.25) is 9.78 Å². The summed E-state index contributed by atoms with van der Waals surface area (Å²) in [5, 5.41) is 5.82. The zero-order valence-corrected chi connectivity index (χ0v) is 12.0. The highest BCUT2D eigenvalue weighted by Gasteiger charge is 2.07. The molecule has 0 bridgehead atoms. The van der Waals surface area contributed by atoms with Gasteiger partial charge < -0.3 is 16.4 Å². The average molecular weight is 284 g/mol. The Morgan fingerprint density at radius 3 is 2.76 bits per heavy atom. The van der Waals surface area contributed by atoms with Crippen LogP contribution in [0, 0.1) is 0 Å². The molecule has 5 heteroatoms. The highest BCUT2D eigenvalue weighted by atomic mass is 16.1. The molecule has 2 aromatic rings. The topological polar surface area (TPSA) is 80.0 Å². The van der Waals surface area contributed by atoms with Crippen LogP contribution in [0.1, 0.15) is 28.5 Å². The van der Waals surface area contributed by atoms with Crippen molar-refractivity contribution in [3.8, 4) is 0 Å². The third-order valence-electron chi connectivity index (χ3n) is 3.23. The maximum absolute atomic E-state index is 11.5. The number of aromatic nitrogens is 1. The van der Waals surface area contributed by atoms with Gasteiger partial charge in [0, 0.05) is 31.5 Å². The van der Waals surface area contributed by atoms with Crippen LogP contribution < -0.4 is 16.4 Å². The predicted octanol–water partition coefficient (Wildman–Crippen LogP) is 1.94. The zero-order valence-electron chi connectivity index (χ0n) is 12.0. The number of benzene rings is 1. The van der Waals surface area contributed by atoms with E-state index in [9.17, 15) is 4.79 Å². The Morgan fingerprint density at radius 1 is 1.29 bits per heavy atom. The number of pyridine rings is 1. The fourth-order valence-corrected chi connectivity index (χ4v) is 2.03. The monoisotopic (exact) mass is 284 g/mol. The van der Waals surface area contributed by atoms with Gasteiger partial charge in [-0.2, -0.15) is 0 Å². The summed E-state index contributed by atoms with van der Waals surface area (Å²) < 4.78 is 0. The molecule has 0 radical (unpaired) electrons. The number of nitrogens with zero attached hydrogens (tertiary/aromatic N) is 1. The molecule has 0 aliphatic carbocycles. The third-order valence-corrected chi connectivity index (χ3v) is 3.23. The van der Waals surface area contributed by atoms with Crippen LogP contribution in [0.25, 0.3) is 0 Å². The summed E-state index contributed by atoms with van der Waals surface area (Å²) in [6, 6.07) is 13.6. The fourth-order valence-electron chi connectivity index (χ4n) is 2.03. The number of nitrogens with two attached hydrogens (primary N) is 1. The van der Waals surface area contributed by atoms with Gasteiger partial charge in [-0.05, 0) is 24.1 Å². The summed E-state index contributed by atoms with van der Waals surface area (Å²) >= 11 is 0. The molecule has 0 saturated heterocycles. The van der Waals surface area contributed by atoms with Crippen molar-refractivity contribution in [1.82, 2.24) is 10.3 Å². The second kappa shape index (κ2) is 7.40. The van der Waals surface area contributed by atoms with Crippen molar-refractivity contribution in [3.63, 3.8) is 0 Å². The molecule has 110 valence electrons. The minimum absolute atomic E-state index is 0.000974. The highest BCUT2D eigenvalue weighted by molar-refractivity contribution is 5.92. The molecule has 0 aliphatic heterocycles. The minimum Gasteiger partial charge on any atom is -0.385 e. The molecule has 1 aromatic carbocycles. The fraction of sp³-hybridized carbons (Fsp3) is 0.250. The van der Waals surface area contributed by atoms with Gasteiger partial charge in [0.15, 0.2) is 0 Å². The van der Waals surface area contributed by atoms with Gasteiger partial charge in [-0.1, -0.05) is 30.3 Å². The first kappa shape index (κ1) is 15.0. The van der Waals surface area contributed by atoms with E-state index < -0.39 is 0 Å². The standard InChI is InChI=1S/C16H20N4O/c1-18-16(21)15-11-13(7-9-20-15)19-10-8-14(17)12-5-3-2-4-6-12/h2-7,9,11,14H,8,10,17H2,1H3,(H,18,21)(H,19,20). The van der Waals surface area contributed by atoms with E-state index in [1.807, 2.05) is 36.4 Å². The van der Waals surface area contributed by atoms with Crippen molar-refractivity contribution < 1.29 is 4.79 Å². The number of amides is 1. The molecule has 5 nitrogen and oxygen atoms in total. The van der Waals surface area contributed by atoms with Crippen LogP contribution in [0.2, 0.25) is 0 Å². The maximum Gasteiger partial charge on any atom is 0.269 e. The number of hydrogen-bond donors (Lipinski definition) is 3. The van der Waals surface area contributed by atoms with E-state index in [0.717, 1.165) is 24.2 Å². The first-order chi connectivity index (χ1) is 10.2. The smallest absolute Gasteiger partial charge is 0.269 e. The molecule has 0 spiro atoms. The quantitative estimate of drug-likeness (QED) is 0.757. The molecule has 0 fully saturated rings. The van der Waals surface area contributed by atoms with E-state index in [0.29, 0.717) is 5.69 Å². The van der Waals surface area contributed by atoms with Gasteiger partial charge in [0.25, 0.3) is 5.91 Å².